The van der Waals surface area contributed by atoms with Crippen molar-refractivity contribution >= 4 is 15.7 Å². The maximum absolute atomic E-state index is 12.1. The number of nitrogens with one attached hydrogen (secondary N) is 1. The summed E-state index contributed by atoms with van der Waals surface area (Å²) < 4.78 is 34.8. The number of carbonyl (C=O) groups excluding carboxylic acids is 1. The Morgan fingerprint density at radius 3 is 2.60 bits per heavy atom. The molecule has 1 heterocycles. The Bertz CT molecular complexity index is 849. The molecular formula is C18H19NO5S. The Hall–Kier alpha value is -2.54. The van der Waals surface area contributed by atoms with Gasteiger partial charge in [0.25, 0.3) is 0 Å². The van der Waals surface area contributed by atoms with Crippen molar-refractivity contribution in [3.63, 3.8) is 0 Å². The molecule has 7 heteroatoms. The lowest BCUT2D eigenvalue weighted by atomic mass is 10.1. The molecule has 0 fully saturated rings. The van der Waals surface area contributed by atoms with Crippen LogP contribution in [0.25, 0.3) is 0 Å². The number of ether oxygens (including phenoxy) is 2. The number of sulfone groups is 1. The largest absolute Gasteiger partial charge is 0.454 e. The highest BCUT2D eigenvalue weighted by Gasteiger charge is 2.16. The smallest absolute Gasteiger partial charge is 0.231 e. The van der Waals surface area contributed by atoms with Gasteiger partial charge >= 0.3 is 0 Å². The van der Waals surface area contributed by atoms with Crippen LogP contribution in [0.5, 0.6) is 11.5 Å². The van der Waals surface area contributed by atoms with E-state index in [0.717, 1.165) is 11.3 Å². The molecule has 0 unspecified atom stereocenters. The molecule has 1 amide bonds. The van der Waals surface area contributed by atoms with E-state index in [1.807, 2.05) is 18.2 Å². The zero-order valence-corrected chi connectivity index (χ0v) is 14.4. The van der Waals surface area contributed by atoms with Crippen LogP contribution in [0.4, 0.5) is 0 Å². The molecule has 0 bridgehead atoms. The highest BCUT2D eigenvalue weighted by Crippen LogP contribution is 2.32. The number of benzene rings is 2. The van der Waals surface area contributed by atoms with Crippen LogP contribution >= 0.6 is 0 Å². The molecule has 1 aliphatic rings. The normalized spacial score (nSPS) is 12.8. The van der Waals surface area contributed by atoms with Gasteiger partial charge in [0.2, 0.25) is 12.7 Å². The summed E-state index contributed by atoms with van der Waals surface area (Å²) in [6.45, 7) is 0.662. The lowest BCUT2D eigenvalue weighted by Crippen LogP contribution is -2.27. The molecule has 2 aromatic carbocycles. The summed E-state index contributed by atoms with van der Waals surface area (Å²) in [6.07, 6.45) is 0.576. The minimum Gasteiger partial charge on any atom is -0.454 e. The van der Waals surface area contributed by atoms with E-state index in [-0.39, 0.29) is 29.8 Å². The van der Waals surface area contributed by atoms with Crippen LogP contribution < -0.4 is 14.8 Å². The van der Waals surface area contributed by atoms with Crippen LogP contribution in [0.1, 0.15) is 12.0 Å². The van der Waals surface area contributed by atoms with Gasteiger partial charge in [-0.2, -0.15) is 0 Å². The fraction of sp³-hybridized carbons (Fsp3) is 0.278. The Morgan fingerprint density at radius 1 is 1.04 bits per heavy atom. The van der Waals surface area contributed by atoms with Crippen LogP contribution in [-0.2, 0) is 21.1 Å². The Morgan fingerprint density at radius 2 is 1.80 bits per heavy atom. The SMILES string of the molecule is O=C(CCS(=O)(=O)c1ccccc1)NCCc1ccc2c(c1)OCO2. The number of hydrogen-bond donors (Lipinski definition) is 1. The number of rotatable bonds is 7. The number of carbonyl (C=O) groups is 1. The second-order valence-electron chi connectivity index (χ2n) is 5.67. The summed E-state index contributed by atoms with van der Waals surface area (Å²) in [5.74, 6) is 0.948. The van der Waals surface area contributed by atoms with Crippen molar-refractivity contribution in [2.24, 2.45) is 0 Å². The van der Waals surface area contributed by atoms with Gasteiger partial charge in [-0.15, -0.1) is 0 Å². The average Bonchev–Trinajstić information content (AvgIpc) is 3.09. The summed E-state index contributed by atoms with van der Waals surface area (Å²) in [7, 11) is -3.43. The molecule has 0 saturated heterocycles. The summed E-state index contributed by atoms with van der Waals surface area (Å²) in [4.78, 5) is 12.1. The zero-order chi connectivity index (χ0) is 17.7. The van der Waals surface area contributed by atoms with E-state index in [4.69, 9.17) is 9.47 Å². The van der Waals surface area contributed by atoms with Gasteiger partial charge in [0, 0.05) is 13.0 Å². The van der Waals surface area contributed by atoms with Crippen molar-refractivity contribution in [3.05, 3.63) is 54.1 Å². The van der Waals surface area contributed by atoms with Gasteiger partial charge in [-0.3, -0.25) is 4.79 Å². The maximum atomic E-state index is 12.1. The third-order valence-electron chi connectivity index (χ3n) is 3.87. The molecule has 0 aliphatic carbocycles. The molecule has 132 valence electrons. The molecule has 1 aliphatic heterocycles. The van der Waals surface area contributed by atoms with E-state index >= 15 is 0 Å². The maximum Gasteiger partial charge on any atom is 0.231 e. The first-order valence-electron chi connectivity index (χ1n) is 7.98. The molecule has 3 rings (SSSR count). The van der Waals surface area contributed by atoms with Gasteiger partial charge in [0.1, 0.15) is 0 Å². The molecule has 1 N–H and O–H groups in total. The van der Waals surface area contributed by atoms with Crippen molar-refractivity contribution in [3.8, 4) is 11.5 Å². The first-order chi connectivity index (χ1) is 12.0. The van der Waals surface area contributed by atoms with Crippen molar-refractivity contribution in [2.45, 2.75) is 17.7 Å². The van der Waals surface area contributed by atoms with E-state index in [1.54, 1.807) is 18.2 Å². The number of fused-ring (bicyclic) bond motifs is 1. The highest BCUT2D eigenvalue weighted by molar-refractivity contribution is 7.91. The summed E-state index contributed by atoms with van der Waals surface area (Å²) in [5, 5.41) is 2.75. The molecule has 6 nitrogen and oxygen atoms in total. The standard InChI is InChI=1S/C18H19NO5S/c20-18(9-11-25(21,22)15-4-2-1-3-5-15)19-10-8-14-6-7-16-17(12-14)24-13-23-16/h1-7,12H,8-11,13H2,(H,19,20). The van der Waals surface area contributed by atoms with Crippen LogP contribution in [0.2, 0.25) is 0 Å². The topological polar surface area (TPSA) is 81.7 Å². The van der Waals surface area contributed by atoms with Gasteiger partial charge in [0.15, 0.2) is 21.3 Å². The van der Waals surface area contributed by atoms with Crippen LogP contribution in [0.3, 0.4) is 0 Å². The minimum absolute atomic E-state index is 0.0572. The fourth-order valence-electron chi connectivity index (χ4n) is 2.50. The summed E-state index contributed by atoms with van der Waals surface area (Å²) in [6, 6.07) is 13.8. The second kappa shape index (κ2) is 7.57. The van der Waals surface area contributed by atoms with Gasteiger partial charge in [0.05, 0.1) is 10.6 Å². The highest BCUT2D eigenvalue weighted by atomic mass is 32.2. The molecule has 0 atom stereocenters. The van der Waals surface area contributed by atoms with Crippen molar-refractivity contribution in [2.75, 3.05) is 19.1 Å². The van der Waals surface area contributed by atoms with E-state index in [1.165, 1.54) is 12.1 Å². The van der Waals surface area contributed by atoms with Crippen LogP contribution in [0, 0.1) is 0 Å². The second-order valence-corrected chi connectivity index (χ2v) is 7.78. The average molecular weight is 361 g/mol. The molecule has 0 aromatic heterocycles. The predicted molar refractivity (Wildman–Crippen MR) is 92.4 cm³/mol. The quantitative estimate of drug-likeness (QED) is 0.815. The van der Waals surface area contributed by atoms with Crippen molar-refractivity contribution in [1.82, 2.24) is 5.32 Å². The summed E-state index contributed by atoms with van der Waals surface area (Å²) in [5.41, 5.74) is 1.02. The van der Waals surface area contributed by atoms with E-state index in [0.29, 0.717) is 18.7 Å². The Balaban J connectivity index is 1.44. The summed E-state index contributed by atoms with van der Waals surface area (Å²) >= 11 is 0. The lowest BCUT2D eigenvalue weighted by Gasteiger charge is -2.07. The predicted octanol–water partition coefficient (Wildman–Crippen LogP) is 1.94. The van der Waals surface area contributed by atoms with Gasteiger partial charge in [-0.1, -0.05) is 24.3 Å². The van der Waals surface area contributed by atoms with E-state index in [2.05, 4.69) is 5.32 Å². The zero-order valence-electron chi connectivity index (χ0n) is 13.6. The monoisotopic (exact) mass is 361 g/mol. The molecule has 0 saturated carbocycles. The third-order valence-corrected chi connectivity index (χ3v) is 5.60. The van der Waals surface area contributed by atoms with Crippen LogP contribution in [-0.4, -0.2) is 33.4 Å². The Labute approximate surface area is 146 Å². The molecule has 2 aromatic rings. The van der Waals surface area contributed by atoms with Crippen molar-refractivity contribution in [1.29, 1.82) is 0 Å². The van der Waals surface area contributed by atoms with E-state index < -0.39 is 9.84 Å². The van der Waals surface area contributed by atoms with Gasteiger partial charge in [-0.25, -0.2) is 8.42 Å². The first kappa shape index (κ1) is 17.3. The first-order valence-corrected chi connectivity index (χ1v) is 9.63. The lowest BCUT2D eigenvalue weighted by molar-refractivity contribution is -0.120. The number of amides is 1. The Kier molecular flexibility index (Phi) is 5.23. The molecule has 0 spiro atoms. The van der Waals surface area contributed by atoms with E-state index in [9.17, 15) is 13.2 Å². The molecular weight excluding hydrogens is 342 g/mol. The molecule has 25 heavy (non-hydrogen) atoms. The fourth-order valence-corrected chi connectivity index (χ4v) is 3.77. The van der Waals surface area contributed by atoms with Gasteiger partial charge < -0.3 is 14.8 Å². The minimum atomic E-state index is -3.43. The van der Waals surface area contributed by atoms with Gasteiger partial charge in [-0.05, 0) is 36.2 Å². The van der Waals surface area contributed by atoms with Crippen LogP contribution in [0.15, 0.2) is 53.4 Å². The number of hydrogen-bond acceptors (Lipinski definition) is 5. The third kappa shape index (κ3) is 4.51. The van der Waals surface area contributed by atoms with Crippen molar-refractivity contribution < 1.29 is 22.7 Å². The molecule has 0 radical (unpaired) electrons.